The van der Waals surface area contributed by atoms with Gasteiger partial charge in [0, 0.05) is 11.1 Å². The van der Waals surface area contributed by atoms with Crippen LogP contribution in [0.3, 0.4) is 0 Å². The highest BCUT2D eigenvalue weighted by atomic mass is 35.5. The van der Waals surface area contributed by atoms with Gasteiger partial charge in [0.05, 0.1) is 0 Å². The van der Waals surface area contributed by atoms with Crippen molar-refractivity contribution in [3.63, 3.8) is 0 Å². The van der Waals surface area contributed by atoms with Gasteiger partial charge >= 0.3 is 0 Å². The lowest BCUT2D eigenvalue weighted by atomic mass is 9.95. The summed E-state index contributed by atoms with van der Waals surface area (Å²) >= 11 is 6.60. The van der Waals surface area contributed by atoms with E-state index in [0.29, 0.717) is 11.6 Å². The third-order valence-corrected chi connectivity index (χ3v) is 7.33. The Morgan fingerprint density at radius 1 is 0.488 bits per heavy atom. The molecule has 0 spiro atoms. The van der Waals surface area contributed by atoms with Gasteiger partial charge in [-0.25, -0.2) is 4.98 Å². The van der Waals surface area contributed by atoms with Gasteiger partial charge in [0.25, 0.3) is 0 Å². The molecule has 1 heterocycles. The van der Waals surface area contributed by atoms with Crippen molar-refractivity contribution in [2.24, 2.45) is 0 Å². The quantitative estimate of drug-likeness (QED) is 0.170. The summed E-state index contributed by atoms with van der Waals surface area (Å²) in [7, 11) is 0. The number of rotatable bonds is 8. The molecule has 43 heavy (non-hydrogen) atoms. The minimum absolute atomic E-state index is 0.128. The summed E-state index contributed by atoms with van der Waals surface area (Å²) in [5.74, 6) is 0.990. The first kappa shape index (κ1) is 27.8. The Labute approximate surface area is 257 Å². The molecule has 0 unspecified atom stereocenters. The summed E-state index contributed by atoms with van der Waals surface area (Å²) < 4.78 is 0. The summed E-state index contributed by atoms with van der Waals surface area (Å²) in [5, 5.41) is 0.128. The molecule has 0 atom stereocenters. The smallest absolute Gasteiger partial charge is 0.208 e. The predicted octanol–water partition coefficient (Wildman–Crippen LogP) is 10.6. The molecule has 0 N–H and O–H groups in total. The first-order valence-corrected chi connectivity index (χ1v) is 14.3. The largest absolute Gasteiger partial charge is 0.226 e. The fourth-order valence-electron chi connectivity index (χ4n) is 5.09. The highest BCUT2D eigenvalue weighted by molar-refractivity contribution is 6.28. The number of hydrogen-bond donors (Lipinski definition) is 0. The van der Waals surface area contributed by atoms with E-state index >= 15 is 0 Å². The molecule has 0 radical (unpaired) electrons. The molecule has 0 aliphatic heterocycles. The van der Waals surface area contributed by atoms with Crippen LogP contribution in [0, 0.1) is 0 Å². The van der Waals surface area contributed by atoms with E-state index in [4.69, 9.17) is 16.6 Å². The van der Waals surface area contributed by atoms with Gasteiger partial charge in [-0.05, 0) is 92.5 Å². The Balaban J connectivity index is 1.53. The van der Waals surface area contributed by atoms with Crippen molar-refractivity contribution in [1.82, 2.24) is 15.0 Å². The maximum atomic E-state index is 6.60. The number of halogens is 1. The zero-order valence-corrected chi connectivity index (χ0v) is 24.2. The van der Waals surface area contributed by atoms with E-state index in [-0.39, 0.29) is 5.28 Å². The Kier molecular flexibility index (Phi) is 8.17. The number of hydrogen-bond acceptors (Lipinski definition) is 3. The van der Waals surface area contributed by atoms with Crippen LogP contribution in [0.1, 0.15) is 5.56 Å². The lowest BCUT2D eigenvalue weighted by Gasteiger charge is -2.13. The van der Waals surface area contributed by atoms with E-state index in [9.17, 15) is 0 Å². The second-order valence-electron chi connectivity index (χ2n) is 10.0. The van der Waals surface area contributed by atoms with Gasteiger partial charge in [-0.15, -0.1) is 0 Å². The van der Waals surface area contributed by atoms with Crippen LogP contribution in [0.5, 0.6) is 0 Å². The minimum atomic E-state index is 0.128. The van der Waals surface area contributed by atoms with Crippen molar-refractivity contribution >= 4 is 17.2 Å². The zero-order chi connectivity index (χ0) is 29.6. The molecular formula is C39H28ClN3. The molecule has 6 rings (SSSR count). The topological polar surface area (TPSA) is 38.7 Å². The van der Waals surface area contributed by atoms with Crippen molar-refractivity contribution < 1.29 is 0 Å². The summed E-state index contributed by atoms with van der Waals surface area (Å²) in [6.07, 6.45) is 5.52. The molecule has 4 heteroatoms. The Hall–Kier alpha value is -5.38. The molecule has 0 fully saturated rings. The van der Waals surface area contributed by atoms with Crippen molar-refractivity contribution in [2.75, 3.05) is 0 Å². The predicted molar refractivity (Wildman–Crippen MR) is 180 cm³/mol. The summed E-state index contributed by atoms with van der Waals surface area (Å²) in [6.45, 7) is 7.89. The SMILES string of the molecule is C=C/C=C(\C=C)c1cc(-c2ccccc2)cc(-c2nc(Cl)nc(-c3cc(-c4ccccc4)cc(-c4ccccc4)c3)n2)c1. The van der Waals surface area contributed by atoms with Crippen LogP contribution >= 0.6 is 11.6 Å². The van der Waals surface area contributed by atoms with Crippen LogP contribution in [0.2, 0.25) is 5.28 Å². The van der Waals surface area contributed by atoms with E-state index in [1.807, 2.05) is 66.7 Å². The molecule has 0 bridgehead atoms. The molecule has 0 aliphatic rings. The molecule has 6 aromatic rings. The second-order valence-corrected chi connectivity index (χ2v) is 10.3. The number of aromatic nitrogens is 3. The van der Waals surface area contributed by atoms with Gasteiger partial charge in [0.1, 0.15) is 0 Å². The van der Waals surface area contributed by atoms with Crippen LogP contribution in [-0.2, 0) is 0 Å². The second kappa shape index (κ2) is 12.6. The van der Waals surface area contributed by atoms with Crippen LogP contribution in [0.25, 0.3) is 61.7 Å². The first-order chi connectivity index (χ1) is 21.1. The molecule has 0 saturated heterocycles. The van der Waals surface area contributed by atoms with E-state index in [2.05, 4.69) is 95.9 Å². The van der Waals surface area contributed by atoms with E-state index in [1.54, 1.807) is 6.08 Å². The monoisotopic (exact) mass is 573 g/mol. The van der Waals surface area contributed by atoms with Crippen molar-refractivity contribution in [2.45, 2.75) is 0 Å². The standard InChI is InChI=1S/C39H28ClN3/c1-3-14-27(4-2)31-21-32(28-15-8-5-9-16-28)24-35(23-31)37-41-38(43-39(40)42-37)36-25-33(29-17-10-6-11-18-29)22-34(26-36)30-19-12-7-13-20-30/h3-26H,1-2H2/b27-14+. The third-order valence-electron chi connectivity index (χ3n) is 7.16. The maximum absolute atomic E-state index is 6.60. The van der Waals surface area contributed by atoms with E-state index in [1.165, 1.54) is 0 Å². The van der Waals surface area contributed by atoms with Crippen molar-refractivity contribution in [3.8, 4) is 56.2 Å². The molecule has 5 aromatic carbocycles. The highest BCUT2D eigenvalue weighted by Crippen LogP contribution is 2.34. The van der Waals surface area contributed by atoms with Gasteiger partial charge in [-0.2, -0.15) is 9.97 Å². The van der Waals surface area contributed by atoms with Gasteiger partial charge in [0.15, 0.2) is 11.6 Å². The fourth-order valence-corrected chi connectivity index (χ4v) is 5.25. The van der Waals surface area contributed by atoms with Crippen LogP contribution in [-0.4, -0.2) is 15.0 Å². The summed E-state index contributed by atoms with van der Waals surface area (Å²) in [4.78, 5) is 14.1. The van der Waals surface area contributed by atoms with Gasteiger partial charge < -0.3 is 0 Å². The Bertz CT molecular complexity index is 1890. The molecule has 3 nitrogen and oxygen atoms in total. The lowest BCUT2D eigenvalue weighted by Crippen LogP contribution is -1.99. The Morgan fingerprint density at radius 2 is 0.884 bits per heavy atom. The normalized spacial score (nSPS) is 11.2. The van der Waals surface area contributed by atoms with Crippen LogP contribution < -0.4 is 0 Å². The number of allylic oxidation sites excluding steroid dienone is 4. The average Bonchev–Trinajstić information content (AvgIpc) is 3.07. The highest BCUT2D eigenvalue weighted by Gasteiger charge is 2.15. The first-order valence-electron chi connectivity index (χ1n) is 14.0. The average molecular weight is 574 g/mol. The van der Waals surface area contributed by atoms with Crippen molar-refractivity contribution in [1.29, 1.82) is 0 Å². The van der Waals surface area contributed by atoms with Crippen molar-refractivity contribution in [3.05, 3.63) is 170 Å². The molecule has 0 aliphatic carbocycles. The van der Waals surface area contributed by atoms with Gasteiger partial charge in [-0.3, -0.25) is 0 Å². The van der Waals surface area contributed by atoms with E-state index < -0.39 is 0 Å². The molecular weight excluding hydrogens is 546 g/mol. The zero-order valence-electron chi connectivity index (χ0n) is 23.5. The van der Waals surface area contributed by atoms with Crippen LogP contribution in [0.15, 0.2) is 159 Å². The third kappa shape index (κ3) is 6.28. The lowest BCUT2D eigenvalue weighted by molar-refractivity contribution is 1.07. The Morgan fingerprint density at radius 3 is 1.33 bits per heavy atom. The summed E-state index contributed by atoms with van der Waals surface area (Å²) in [5.41, 5.74) is 10.0. The molecule has 1 aromatic heterocycles. The van der Waals surface area contributed by atoms with Crippen LogP contribution in [0.4, 0.5) is 0 Å². The minimum Gasteiger partial charge on any atom is -0.208 e. The molecule has 0 saturated carbocycles. The molecule has 0 amide bonds. The fraction of sp³-hybridized carbons (Fsp3) is 0. The number of benzene rings is 5. The maximum Gasteiger partial charge on any atom is 0.226 e. The van der Waals surface area contributed by atoms with Gasteiger partial charge in [0.2, 0.25) is 5.28 Å². The summed E-state index contributed by atoms with van der Waals surface area (Å²) in [6, 6.07) is 43.5. The molecule has 206 valence electrons. The van der Waals surface area contributed by atoms with E-state index in [0.717, 1.165) is 55.6 Å². The van der Waals surface area contributed by atoms with Gasteiger partial charge in [-0.1, -0.05) is 122 Å². The number of nitrogens with zero attached hydrogens (tertiary/aromatic N) is 3.